The van der Waals surface area contributed by atoms with Crippen molar-refractivity contribution in [3.05, 3.63) is 59.7 Å². The Morgan fingerprint density at radius 2 is 1.57 bits per heavy atom. The zero-order chi connectivity index (χ0) is 25.0. The number of fused-ring (bicyclic) bond motifs is 3. The van der Waals surface area contributed by atoms with Crippen molar-refractivity contribution in [2.75, 3.05) is 6.61 Å². The van der Waals surface area contributed by atoms with Gasteiger partial charge < -0.3 is 20.5 Å². The predicted octanol–water partition coefficient (Wildman–Crippen LogP) is 4.84. The van der Waals surface area contributed by atoms with Gasteiger partial charge in [0.2, 0.25) is 5.91 Å². The van der Waals surface area contributed by atoms with Gasteiger partial charge in [-0.25, -0.2) is 4.79 Å². The van der Waals surface area contributed by atoms with E-state index in [0.29, 0.717) is 0 Å². The smallest absolute Gasteiger partial charge is 0.407 e. The first-order valence-corrected chi connectivity index (χ1v) is 12.4. The molecule has 0 aliphatic heterocycles. The van der Waals surface area contributed by atoms with E-state index in [-0.39, 0.29) is 42.7 Å². The molecule has 3 N–H and O–H groups in total. The molecule has 2 aromatic carbocycles. The van der Waals surface area contributed by atoms with Crippen LogP contribution in [0.2, 0.25) is 0 Å². The second-order valence-electron chi connectivity index (χ2n) is 10.4. The maximum absolute atomic E-state index is 12.9. The Morgan fingerprint density at radius 1 is 1.00 bits per heavy atom. The zero-order valence-electron chi connectivity index (χ0n) is 20.4. The average Bonchev–Trinajstić information content (AvgIpc) is 3.15. The van der Waals surface area contributed by atoms with Crippen molar-refractivity contribution in [3.63, 3.8) is 0 Å². The van der Waals surface area contributed by atoms with Crippen LogP contribution in [0.1, 0.15) is 69.4 Å². The minimum atomic E-state index is -1.02. The van der Waals surface area contributed by atoms with Gasteiger partial charge in [0.1, 0.15) is 12.6 Å². The lowest BCUT2D eigenvalue weighted by Gasteiger charge is -2.35. The van der Waals surface area contributed by atoms with Gasteiger partial charge in [-0.15, -0.1) is 0 Å². The van der Waals surface area contributed by atoms with Gasteiger partial charge in [0.05, 0.1) is 0 Å². The Morgan fingerprint density at radius 3 is 2.14 bits per heavy atom. The van der Waals surface area contributed by atoms with E-state index in [1.807, 2.05) is 36.4 Å². The number of ether oxygens (including phenoxy) is 1. The lowest BCUT2D eigenvalue weighted by molar-refractivity contribution is -0.137. The first-order valence-electron chi connectivity index (χ1n) is 12.4. The molecule has 1 atom stereocenters. The quantitative estimate of drug-likeness (QED) is 0.503. The molecule has 1 saturated carbocycles. The Labute approximate surface area is 206 Å². The minimum Gasteiger partial charge on any atom is -0.481 e. The molecule has 4 rings (SSSR count). The maximum atomic E-state index is 12.9. The molecule has 2 aliphatic rings. The number of nitrogens with one attached hydrogen (secondary N) is 2. The Balaban J connectivity index is 1.37. The monoisotopic (exact) mass is 478 g/mol. The molecule has 0 radical (unpaired) electrons. The van der Waals surface area contributed by atoms with Crippen LogP contribution in [-0.4, -0.2) is 41.8 Å². The van der Waals surface area contributed by atoms with Crippen LogP contribution in [0.4, 0.5) is 4.79 Å². The summed E-state index contributed by atoms with van der Waals surface area (Å²) in [6.45, 7) is 4.57. The fraction of sp³-hybridized carbons (Fsp3) is 0.464. The third kappa shape index (κ3) is 6.02. The second kappa shape index (κ2) is 10.5. The van der Waals surface area contributed by atoms with Crippen LogP contribution < -0.4 is 10.6 Å². The van der Waals surface area contributed by atoms with Gasteiger partial charge in [0.25, 0.3) is 0 Å². The number of carbonyl (C=O) groups is 3. The van der Waals surface area contributed by atoms with E-state index < -0.39 is 18.1 Å². The minimum absolute atomic E-state index is 0.00355. The van der Waals surface area contributed by atoms with Gasteiger partial charge in [0.15, 0.2) is 0 Å². The molecule has 0 bridgehead atoms. The lowest BCUT2D eigenvalue weighted by atomic mass is 9.75. The van der Waals surface area contributed by atoms with E-state index in [1.54, 1.807) is 0 Å². The molecule has 7 heteroatoms. The molecule has 0 saturated heterocycles. The number of carboxylic acids is 1. The fourth-order valence-electron chi connectivity index (χ4n) is 5.16. The summed E-state index contributed by atoms with van der Waals surface area (Å²) in [7, 11) is 0. The molecule has 2 aromatic rings. The number of amides is 2. The predicted molar refractivity (Wildman–Crippen MR) is 133 cm³/mol. The van der Waals surface area contributed by atoms with Gasteiger partial charge in [-0.3, -0.25) is 9.59 Å². The summed E-state index contributed by atoms with van der Waals surface area (Å²) >= 11 is 0. The van der Waals surface area contributed by atoms with Gasteiger partial charge in [-0.2, -0.15) is 0 Å². The van der Waals surface area contributed by atoms with Crippen LogP contribution in [0, 0.1) is 5.41 Å². The Hall–Kier alpha value is -3.35. The van der Waals surface area contributed by atoms with Gasteiger partial charge in [0, 0.05) is 18.4 Å². The molecule has 2 amide bonds. The number of carbonyl (C=O) groups excluding carboxylic acids is 2. The van der Waals surface area contributed by atoms with Gasteiger partial charge in [-0.1, -0.05) is 62.4 Å². The van der Waals surface area contributed by atoms with E-state index in [4.69, 9.17) is 9.84 Å². The van der Waals surface area contributed by atoms with E-state index in [9.17, 15) is 14.4 Å². The number of benzene rings is 2. The van der Waals surface area contributed by atoms with Crippen molar-refractivity contribution in [1.29, 1.82) is 0 Å². The third-order valence-electron chi connectivity index (χ3n) is 7.28. The summed E-state index contributed by atoms with van der Waals surface area (Å²) in [5.41, 5.74) is 4.73. The molecule has 1 fully saturated rings. The first kappa shape index (κ1) is 24.8. The highest BCUT2D eigenvalue weighted by atomic mass is 16.5. The van der Waals surface area contributed by atoms with Crippen LogP contribution in [-0.2, 0) is 14.3 Å². The lowest BCUT2D eigenvalue weighted by Crippen LogP contribution is -2.51. The summed E-state index contributed by atoms with van der Waals surface area (Å²) in [5, 5.41) is 14.7. The molecule has 35 heavy (non-hydrogen) atoms. The van der Waals surface area contributed by atoms with E-state index in [2.05, 4.69) is 36.6 Å². The number of hydrogen-bond acceptors (Lipinski definition) is 4. The maximum Gasteiger partial charge on any atom is 0.407 e. The summed E-state index contributed by atoms with van der Waals surface area (Å²) in [5.74, 6) is -1.47. The molecule has 1 unspecified atom stereocenters. The van der Waals surface area contributed by atoms with Crippen LogP contribution in [0.3, 0.4) is 0 Å². The second-order valence-corrected chi connectivity index (χ2v) is 10.4. The Kier molecular flexibility index (Phi) is 7.43. The summed E-state index contributed by atoms with van der Waals surface area (Å²) in [6, 6.07) is 15.2. The number of carboxylic acid groups (broad SMARTS) is 1. The topological polar surface area (TPSA) is 105 Å². The zero-order valence-corrected chi connectivity index (χ0v) is 20.4. The largest absolute Gasteiger partial charge is 0.481 e. The van der Waals surface area contributed by atoms with E-state index >= 15 is 0 Å². The van der Waals surface area contributed by atoms with Gasteiger partial charge in [-0.05, 0) is 59.8 Å². The van der Waals surface area contributed by atoms with Crippen molar-refractivity contribution < 1.29 is 24.2 Å². The first-order chi connectivity index (χ1) is 16.7. The number of aliphatic carboxylic acids is 1. The van der Waals surface area contributed by atoms with Crippen molar-refractivity contribution in [1.82, 2.24) is 10.6 Å². The molecule has 2 aliphatic carbocycles. The van der Waals surface area contributed by atoms with Crippen molar-refractivity contribution >= 4 is 18.0 Å². The van der Waals surface area contributed by atoms with Crippen molar-refractivity contribution in [2.45, 2.75) is 70.4 Å². The molecular weight excluding hydrogens is 444 g/mol. The highest BCUT2D eigenvalue weighted by molar-refractivity contribution is 5.86. The van der Waals surface area contributed by atoms with Crippen molar-refractivity contribution in [3.8, 4) is 11.1 Å². The molecule has 0 spiro atoms. The fourth-order valence-corrected chi connectivity index (χ4v) is 5.16. The van der Waals surface area contributed by atoms with Crippen molar-refractivity contribution in [2.24, 2.45) is 5.41 Å². The highest BCUT2D eigenvalue weighted by Gasteiger charge is 2.32. The highest BCUT2D eigenvalue weighted by Crippen LogP contribution is 2.44. The number of hydrogen-bond donors (Lipinski definition) is 3. The molecular formula is C28H34N2O5. The van der Waals surface area contributed by atoms with Crippen LogP contribution >= 0.6 is 0 Å². The molecule has 0 aromatic heterocycles. The normalized spacial score (nSPS) is 17.7. The summed E-state index contributed by atoms with van der Waals surface area (Å²) < 4.78 is 5.57. The van der Waals surface area contributed by atoms with E-state index in [1.165, 1.54) is 0 Å². The molecule has 186 valence electrons. The third-order valence-corrected chi connectivity index (χ3v) is 7.28. The number of rotatable bonds is 8. The van der Waals surface area contributed by atoms with Crippen LogP contribution in [0.5, 0.6) is 0 Å². The number of alkyl carbamates (subject to hydrolysis) is 1. The van der Waals surface area contributed by atoms with E-state index in [0.717, 1.165) is 47.9 Å². The summed E-state index contributed by atoms with van der Waals surface area (Å²) in [4.78, 5) is 36.8. The summed E-state index contributed by atoms with van der Waals surface area (Å²) in [6.07, 6.45) is 2.82. The van der Waals surface area contributed by atoms with Crippen LogP contribution in [0.15, 0.2) is 48.5 Å². The molecule has 7 nitrogen and oxygen atoms in total. The SMILES string of the molecule is CC1(C)CCC(NC(=O)C(CCC(=O)O)NC(=O)OCC2c3ccccc3-c3ccccc32)CC1. The van der Waals surface area contributed by atoms with Gasteiger partial charge >= 0.3 is 12.1 Å². The Bertz CT molecular complexity index is 1040. The average molecular weight is 479 g/mol. The standard InChI is InChI=1S/C28H34N2O5/c1-28(2)15-13-18(14-16-28)29-26(33)24(11-12-25(31)32)30-27(34)35-17-23-21-9-5-3-7-19(21)20-8-4-6-10-22(20)23/h3-10,18,23-24H,11-17H2,1-2H3,(H,29,33)(H,30,34)(H,31,32). The molecule has 0 heterocycles. The van der Waals surface area contributed by atoms with Crippen LogP contribution in [0.25, 0.3) is 11.1 Å².